The van der Waals surface area contributed by atoms with Gasteiger partial charge in [-0.1, -0.05) is 11.6 Å². The molecule has 0 radical (unpaired) electrons. The zero-order valence-electron chi connectivity index (χ0n) is 13.9. The van der Waals surface area contributed by atoms with Crippen LogP contribution in [0.5, 0.6) is 0 Å². The third-order valence-corrected chi connectivity index (χ3v) is 4.49. The van der Waals surface area contributed by atoms with Gasteiger partial charge in [-0.25, -0.2) is 0 Å². The number of halogens is 1. The van der Waals surface area contributed by atoms with E-state index in [0.717, 1.165) is 0 Å². The fraction of sp³-hybridized carbons (Fsp3) is 0.118. The van der Waals surface area contributed by atoms with E-state index in [9.17, 15) is 19.7 Å². The molecular formula is C17H12ClN3O5S. The summed E-state index contributed by atoms with van der Waals surface area (Å²) >= 11 is 11.1. The maximum atomic E-state index is 12.4. The molecule has 1 aliphatic rings. The number of furan rings is 1. The van der Waals surface area contributed by atoms with Crippen molar-refractivity contribution in [1.82, 2.24) is 10.2 Å². The van der Waals surface area contributed by atoms with Crippen LogP contribution in [0.1, 0.15) is 12.7 Å². The van der Waals surface area contributed by atoms with Gasteiger partial charge in [-0.3, -0.25) is 29.9 Å². The molecule has 1 aliphatic heterocycles. The van der Waals surface area contributed by atoms with E-state index in [1.165, 1.54) is 35.2 Å². The van der Waals surface area contributed by atoms with Gasteiger partial charge in [0.05, 0.1) is 9.95 Å². The van der Waals surface area contributed by atoms with E-state index in [4.69, 9.17) is 28.2 Å². The van der Waals surface area contributed by atoms with Crippen molar-refractivity contribution >= 4 is 52.5 Å². The van der Waals surface area contributed by atoms with Gasteiger partial charge in [0.2, 0.25) is 0 Å². The van der Waals surface area contributed by atoms with E-state index in [-0.39, 0.29) is 32.9 Å². The quantitative estimate of drug-likeness (QED) is 0.275. The monoisotopic (exact) mass is 405 g/mol. The number of nitrogens with zero attached hydrogens (tertiary/aromatic N) is 2. The zero-order valence-corrected chi connectivity index (χ0v) is 15.5. The smallest absolute Gasteiger partial charge is 0.270 e. The molecule has 1 saturated heterocycles. The minimum Gasteiger partial charge on any atom is -0.457 e. The number of rotatable bonds is 4. The first kappa shape index (κ1) is 18.7. The largest absolute Gasteiger partial charge is 0.457 e. The fourth-order valence-electron chi connectivity index (χ4n) is 2.51. The van der Waals surface area contributed by atoms with Crippen LogP contribution in [0.4, 0.5) is 5.69 Å². The summed E-state index contributed by atoms with van der Waals surface area (Å²) in [6.07, 6.45) is 1.29. The summed E-state index contributed by atoms with van der Waals surface area (Å²) in [6, 6.07) is 7.04. The van der Waals surface area contributed by atoms with Crippen molar-refractivity contribution in [3.05, 3.63) is 56.8 Å². The molecule has 2 aromatic rings. The Hall–Kier alpha value is -3.04. The molecule has 27 heavy (non-hydrogen) atoms. The van der Waals surface area contributed by atoms with Crippen LogP contribution in [-0.4, -0.2) is 33.3 Å². The van der Waals surface area contributed by atoms with Gasteiger partial charge in [0.15, 0.2) is 5.11 Å². The molecule has 0 aliphatic carbocycles. The average molecular weight is 406 g/mol. The summed E-state index contributed by atoms with van der Waals surface area (Å²) < 4.78 is 5.61. The van der Waals surface area contributed by atoms with Crippen LogP contribution in [0.25, 0.3) is 17.4 Å². The van der Waals surface area contributed by atoms with Crippen molar-refractivity contribution in [3.8, 4) is 11.3 Å². The van der Waals surface area contributed by atoms with Crippen molar-refractivity contribution in [2.24, 2.45) is 0 Å². The molecule has 8 nitrogen and oxygen atoms in total. The maximum Gasteiger partial charge on any atom is 0.270 e. The van der Waals surface area contributed by atoms with Crippen molar-refractivity contribution in [1.29, 1.82) is 0 Å². The minimum atomic E-state index is -0.624. The first-order valence-electron chi connectivity index (χ1n) is 7.74. The van der Waals surface area contributed by atoms with E-state index >= 15 is 0 Å². The molecule has 0 atom stereocenters. The Morgan fingerprint density at radius 3 is 2.74 bits per heavy atom. The number of carbonyl (C=O) groups excluding carboxylic acids is 2. The molecule has 3 rings (SSSR count). The Kier molecular flexibility index (Phi) is 5.06. The summed E-state index contributed by atoms with van der Waals surface area (Å²) in [5.41, 5.74) is 0.0578. The van der Waals surface area contributed by atoms with E-state index in [2.05, 4.69) is 5.32 Å². The number of nitro groups is 1. The number of nitro benzene ring substituents is 1. The summed E-state index contributed by atoms with van der Waals surface area (Å²) in [5.74, 6) is -0.671. The molecule has 10 heteroatoms. The first-order valence-corrected chi connectivity index (χ1v) is 8.53. The average Bonchev–Trinajstić information content (AvgIpc) is 3.07. The lowest BCUT2D eigenvalue weighted by molar-refractivity contribution is -0.384. The molecule has 2 heterocycles. The zero-order chi connectivity index (χ0) is 19.7. The SMILES string of the molecule is CCN1C(=O)/C(=C/c2ccc(-c3cc([N+](=O)[O-])ccc3Cl)o2)C(=O)NC1=S. The van der Waals surface area contributed by atoms with E-state index in [0.29, 0.717) is 12.1 Å². The van der Waals surface area contributed by atoms with Crippen molar-refractivity contribution < 1.29 is 18.9 Å². The van der Waals surface area contributed by atoms with Crippen molar-refractivity contribution in [3.63, 3.8) is 0 Å². The lowest BCUT2D eigenvalue weighted by Crippen LogP contribution is -2.53. The molecule has 0 bridgehead atoms. The molecule has 0 spiro atoms. The predicted octanol–water partition coefficient (Wildman–Crippen LogP) is 3.15. The normalized spacial score (nSPS) is 16.0. The van der Waals surface area contributed by atoms with E-state index in [1.807, 2.05) is 0 Å². The number of likely N-dealkylation sites (N-methyl/N-ethyl adjacent to an activating group) is 1. The fourth-order valence-corrected chi connectivity index (χ4v) is 3.03. The summed E-state index contributed by atoms with van der Waals surface area (Å²) in [6.45, 7) is 2.04. The Morgan fingerprint density at radius 2 is 2.07 bits per heavy atom. The highest BCUT2D eigenvalue weighted by atomic mass is 35.5. The Morgan fingerprint density at radius 1 is 1.33 bits per heavy atom. The van der Waals surface area contributed by atoms with Crippen LogP contribution >= 0.6 is 23.8 Å². The van der Waals surface area contributed by atoms with Gasteiger partial charge < -0.3 is 4.42 Å². The van der Waals surface area contributed by atoms with Crippen molar-refractivity contribution in [2.75, 3.05) is 6.54 Å². The second-order valence-corrected chi connectivity index (χ2v) is 6.28. The highest BCUT2D eigenvalue weighted by molar-refractivity contribution is 7.80. The van der Waals surface area contributed by atoms with Crippen LogP contribution in [0, 0.1) is 10.1 Å². The molecule has 0 saturated carbocycles. The topological polar surface area (TPSA) is 106 Å². The lowest BCUT2D eigenvalue weighted by atomic mass is 10.1. The summed E-state index contributed by atoms with van der Waals surface area (Å²) in [7, 11) is 0. The Labute approximate surface area is 163 Å². The molecule has 1 aromatic carbocycles. The second kappa shape index (κ2) is 7.29. The lowest BCUT2D eigenvalue weighted by Gasteiger charge is -2.27. The molecule has 1 N–H and O–H groups in total. The highest BCUT2D eigenvalue weighted by Crippen LogP contribution is 2.33. The third kappa shape index (κ3) is 3.60. The Balaban J connectivity index is 1.97. The Bertz CT molecular complexity index is 1010. The van der Waals surface area contributed by atoms with Crippen LogP contribution in [-0.2, 0) is 9.59 Å². The molecular weight excluding hydrogens is 394 g/mol. The second-order valence-electron chi connectivity index (χ2n) is 5.49. The molecule has 1 fully saturated rings. The van der Waals surface area contributed by atoms with E-state index in [1.54, 1.807) is 13.0 Å². The summed E-state index contributed by atoms with van der Waals surface area (Å²) in [4.78, 5) is 36.1. The molecule has 2 amide bonds. The summed E-state index contributed by atoms with van der Waals surface area (Å²) in [5, 5.41) is 13.7. The van der Waals surface area contributed by atoms with Gasteiger partial charge in [-0.15, -0.1) is 0 Å². The molecule has 138 valence electrons. The van der Waals surface area contributed by atoms with Gasteiger partial charge in [-0.2, -0.15) is 0 Å². The number of thiocarbonyl (C=S) groups is 1. The number of nitrogens with one attached hydrogen (secondary N) is 1. The van der Waals surface area contributed by atoms with Gasteiger partial charge in [0.1, 0.15) is 17.1 Å². The number of amides is 2. The van der Waals surface area contributed by atoms with Gasteiger partial charge in [0.25, 0.3) is 17.5 Å². The maximum absolute atomic E-state index is 12.4. The number of hydrogen-bond acceptors (Lipinski definition) is 6. The third-order valence-electron chi connectivity index (χ3n) is 3.84. The minimum absolute atomic E-state index is 0.0492. The predicted molar refractivity (Wildman–Crippen MR) is 102 cm³/mol. The van der Waals surface area contributed by atoms with Gasteiger partial charge in [-0.05, 0) is 43.4 Å². The van der Waals surface area contributed by atoms with Crippen LogP contribution in [0.3, 0.4) is 0 Å². The van der Waals surface area contributed by atoms with Gasteiger partial charge >= 0.3 is 0 Å². The van der Waals surface area contributed by atoms with Crippen LogP contribution < -0.4 is 5.32 Å². The highest BCUT2D eigenvalue weighted by Gasteiger charge is 2.32. The van der Waals surface area contributed by atoms with Crippen molar-refractivity contribution in [2.45, 2.75) is 6.92 Å². The number of hydrogen-bond donors (Lipinski definition) is 1. The molecule has 1 aromatic heterocycles. The molecule has 0 unspecified atom stereocenters. The van der Waals surface area contributed by atoms with Gasteiger partial charge in [0, 0.05) is 24.2 Å². The van der Waals surface area contributed by atoms with Crippen LogP contribution in [0.2, 0.25) is 5.02 Å². The number of non-ortho nitro benzene ring substituents is 1. The number of carbonyl (C=O) groups is 2. The van der Waals surface area contributed by atoms with Crippen LogP contribution in [0.15, 0.2) is 40.3 Å². The standard InChI is InChI=1S/C17H12ClN3O5S/c1-2-20-16(23)12(15(22)19-17(20)27)8-10-4-6-14(26-10)11-7-9(21(24)25)3-5-13(11)18/h3-8H,2H2,1H3,(H,19,22,27)/b12-8+. The van der Waals surface area contributed by atoms with E-state index < -0.39 is 16.7 Å². The number of benzene rings is 1. The first-order chi connectivity index (χ1) is 12.8.